The molecular weight excluding hydrogens is 583 g/mol. The molecule has 4 aromatic rings. The number of nitrogens with two attached hydrogens (primary N) is 1. The lowest BCUT2D eigenvalue weighted by Crippen LogP contribution is -2.28. The predicted octanol–water partition coefficient (Wildman–Crippen LogP) is 3.80. The van der Waals surface area contributed by atoms with Crippen LogP contribution in [0.25, 0.3) is 16.9 Å². The third kappa shape index (κ3) is 8.08. The number of hydrogen-bond acceptors (Lipinski definition) is 9. The van der Waals surface area contributed by atoms with Gasteiger partial charge in [0.2, 0.25) is 0 Å². The molecule has 1 unspecified atom stereocenters. The molecule has 1 atom stereocenters. The number of aryl methyl sites for hydroxylation is 1. The maximum atomic E-state index is 13.8. The molecular formula is C28H32F3N9O4. The summed E-state index contributed by atoms with van der Waals surface area (Å²) in [6.07, 6.45) is 2.04. The van der Waals surface area contributed by atoms with Crippen molar-refractivity contribution < 1.29 is 32.6 Å². The summed E-state index contributed by atoms with van der Waals surface area (Å²) in [5, 5.41) is 25.7. The van der Waals surface area contributed by atoms with Gasteiger partial charge in [0, 0.05) is 43.0 Å². The molecule has 5 N–H and O–H groups in total. The number of ether oxygens (including phenoxy) is 1. The maximum absolute atomic E-state index is 13.8. The van der Waals surface area contributed by atoms with Gasteiger partial charge in [-0.1, -0.05) is 6.92 Å². The van der Waals surface area contributed by atoms with Crippen LogP contribution < -0.4 is 16.4 Å². The molecule has 0 aliphatic heterocycles. The fourth-order valence-electron chi connectivity index (χ4n) is 4.19. The highest BCUT2D eigenvalue weighted by atomic mass is 19.4. The first-order valence-electron chi connectivity index (χ1n) is 13.5. The summed E-state index contributed by atoms with van der Waals surface area (Å²) in [7, 11) is 0. The highest BCUT2D eigenvalue weighted by molar-refractivity contribution is 5.96. The number of fused-ring (bicyclic) bond motifs is 1. The van der Waals surface area contributed by atoms with Crippen molar-refractivity contribution in [3.05, 3.63) is 59.8 Å². The number of hydrogen-bond donors (Lipinski definition) is 4. The van der Waals surface area contributed by atoms with E-state index < -0.39 is 17.9 Å². The van der Waals surface area contributed by atoms with E-state index in [1.807, 2.05) is 19.1 Å². The zero-order valence-electron chi connectivity index (χ0n) is 24.0. The van der Waals surface area contributed by atoms with Gasteiger partial charge in [-0.3, -0.25) is 18.7 Å². The van der Waals surface area contributed by atoms with E-state index in [1.54, 1.807) is 12.1 Å². The molecule has 4 rings (SSSR count). The number of nitrogens with one attached hydrogen (secondary N) is 2. The Morgan fingerprint density at radius 1 is 1.30 bits per heavy atom. The summed E-state index contributed by atoms with van der Waals surface area (Å²) in [6, 6.07) is 6.23. The summed E-state index contributed by atoms with van der Waals surface area (Å²) in [5.74, 6) is 0.0830. The summed E-state index contributed by atoms with van der Waals surface area (Å²) < 4.78 is 49.4. The maximum Gasteiger partial charge on any atom is 0.435 e. The summed E-state index contributed by atoms with van der Waals surface area (Å²) in [4.78, 5) is 29.7. The van der Waals surface area contributed by atoms with Gasteiger partial charge >= 0.3 is 6.18 Å². The molecule has 0 fully saturated rings. The lowest BCUT2D eigenvalue weighted by molar-refractivity contribution is -0.141. The molecule has 1 aromatic carbocycles. The van der Waals surface area contributed by atoms with Crippen molar-refractivity contribution in [2.24, 2.45) is 5.73 Å². The first-order valence-corrected chi connectivity index (χ1v) is 13.5. The van der Waals surface area contributed by atoms with E-state index in [0.29, 0.717) is 49.8 Å². The monoisotopic (exact) mass is 615 g/mol. The molecule has 0 radical (unpaired) electrons. The smallest absolute Gasteiger partial charge is 0.435 e. The van der Waals surface area contributed by atoms with Gasteiger partial charge in [0.05, 0.1) is 30.1 Å². The van der Waals surface area contributed by atoms with Crippen molar-refractivity contribution in [3.8, 4) is 17.3 Å². The van der Waals surface area contributed by atoms with E-state index in [4.69, 9.17) is 20.4 Å². The highest BCUT2D eigenvalue weighted by Gasteiger charge is 2.39. The van der Waals surface area contributed by atoms with Crippen LogP contribution in [-0.4, -0.2) is 67.9 Å². The third-order valence-corrected chi connectivity index (χ3v) is 6.31. The van der Waals surface area contributed by atoms with Crippen molar-refractivity contribution in [2.75, 3.05) is 31.6 Å². The van der Waals surface area contributed by atoms with Gasteiger partial charge in [-0.05, 0) is 50.1 Å². The standard InChI is InChI=1S/C27H30F3N9O2.CH2O2/c1-3-18-13-19(5-6-20(18)26(40)34-9-12-41-11-4-7-31)36-24-25-35-15-22(38(25)10-8-33-24)21-16-39(17(2)14-32)37-23(21)27(28,29)30;2-1-3/h5-6,8,10,13,15-17H,3-4,7,9,11-12,31H2,1-2H3,(H,33,36)(H,34,40);1H,(H,2,3). The summed E-state index contributed by atoms with van der Waals surface area (Å²) >= 11 is 0. The Morgan fingerprint density at radius 3 is 2.70 bits per heavy atom. The number of rotatable bonds is 12. The predicted molar refractivity (Wildman–Crippen MR) is 154 cm³/mol. The van der Waals surface area contributed by atoms with E-state index in [0.717, 1.165) is 16.7 Å². The van der Waals surface area contributed by atoms with Gasteiger partial charge in [-0.15, -0.1) is 0 Å². The van der Waals surface area contributed by atoms with Gasteiger partial charge in [0.25, 0.3) is 12.4 Å². The van der Waals surface area contributed by atoms with Crippen LogP contribution in [0.15, 0.2) is 43.0 Å². The van der Waals surface area contributed by atoms with E-state index in [1.165, 1.54) is 36.1 Å². The number of halogens is 3. The number of nitriles is 1. The number of imidazole rings is 1. The van der Waals surface area contributed by atoms with E-state index in [-0.39, 0.29) is 29.3 Å². The largest absolute Gasteiger partial charge is 0.483 e. The second-order valence-electron chi connectivity index (χ2n) is 9.25. The lowest BCUT2D eigenvalue weighted by Gasteiger charge is -2.13. The van der Waals surface area contributed by atoms with Gasteiger partial charge in [0.1, 0.15) is 6.04 Å². The SMILES string of the molecule is CCc1cc(Nc2nccn3c(-c4cn(C(C)C#N)nc4C(F)(F)F)cnc23)ccc1C(=O)NCCOCCCN.O=CO. The first kappa shape index (κ1) is 33.5. The molecule has 0 saturated carbocycles. The average Bonchev–Trinajstić information content (AvgIpc) is 3.64. The van der Waals surface area contributed by atoms with Crippen LogP contribution in [0.3, 0.4) is 0 Å². The molecule has 234 valence electrons. The zero-order chi connectivity index (χ0) is 32.3. The molecule has 44 heavy (non-hydrogen) atoms. The number of aromatic nitrogens is 5. The van der Waals surface area contributed by atoms with Crippen LogP contribution in [-0.2, 0) is 22.1 Å². The second kappa shape index (κ2) is 15.5. The number of carbonyl (C=O) groups is 2. The first-order chi connectivity index (χ1) is 21.1. The van der Waals surface area contributed by atoms with E-state index in [2.05, 4.69) is 25.7 Å². The molecule has 16 heteroatoms. The number of benzene rings is 1. The van der Waals surface area contributed by atoms with Crippen molar-refractivity contribution in [2.45, 2.75) is 38.9 Å². The molecule has 0 aliphatic carbocycles. The van der Waals surface area contributed by atoms with Crippen LogP contribution in [0.5, 0.6) is 0 Å². The minimum Gasteiger partial charge on any atom is -0.483 e. The number of alkyl halides is 3. The van der Waals surface area contributed by atoms with E-state index in [9.17, 15) is 23.2 Å². The van der Waals surface area contributed by atoms with Crippen LogP contribution in [0, 0.1) is 11.3 Å². The topological polar surface area (TPSA) is 185 Å². The minimum atomic E-state index is -4.74. The Morgan fingerprint density at radius 2 is 2.05 bits per heavy atom. The van der Waals surface area contributed by atoms with Crippen molar-refractivity contribution in [1.82, 2.24) is 29.5 Å². The Kier molecular flexibility index (Phi) is 11.8. The third-order valence-electron chi connectivity index (χ3n) is 6.31. The molecule has 3 aromatic heterocycles. The Balaban J connectivity index is 0.00000169. The fourth-order valence-corrected chi connectivity index (χ4v) is 4.19. The molecule has 0 spiro atoms. The van der Waals surface area contributed by atoms with Gasteiger partial charge in [-0.25, -0.2) is 9.97 Å². The van der Waals surface area contributed by atoms with Crippen LogP contribution in [0.2, 0.25) is 0 Å². The van der Waals surface area contributed by atoms with Gasteiger partial charge in [-0.2, -0.15) is 23.5 Å². The molecule has 3 heterocycles. The van der Waals surface area contributed by atoms with Crippen molar-refractivity contribution in [1.29, 1.82) is 5.26 Å². The molecule has 13 nitrogen and oxygen atoms in total. The van der Waals surface area contributed by atoms with Crippen molar-refractivity contribution in [3.63, 3.8) is 0 Å². The van der Waals surface area contributed by atoms with Crippen molar-refractivity contribution >= 4 is 29.5 Å². The Labute approximate surface area is 250 Å². The van der Waals surface area contributed by atoms with Gasteiger partial charge < -0.3 is 26.2 Å². The number of amides is 1. The summed E-state index contributed by atoms with van der Waals surface area (Å²) in [5.41, 5.74) is 6.48. The molecule has 0 saturated heterocycles. The number of carbonyl (C=O) groups excluding carboxylic acids is 1. The lowest BCUT2D eigenvalue weighted by atomic mass is 10.0. The van der Waals surface area contributed by atoms with Crippen LogP contribution >= 0.6 is 0 Å². The molecule has 1 amide bonds. The average molecular weight is 616 g/mol. The van der Waals surface area contributed by atoms with Gasteiger partial charge in [0.15, 0.2) is 17.2 Å². The quantitative estimate of drug-likeness (QED) is 0.135. The Bertz CT molecular complexity index is 1610. The molecule has 0 aliphatic rings. The molecule has 0 bridgehead atoms. The van der Waals surface area contributed by atoms with E-state index >= 15 is 0 Å². The Hall–Kier alpha value is -5.01. The van der Waals surface area contributed by atoms with Crippen LogP contribution in [0.1, 0.15) is 47.9 Å². The zero-order valence-corrected chi connectivity index (χ0v) is 24.0. The number of carboxylic acid groups (broad SMARTS) is 1. The minimum absolute atomic E-state index is 0.141. The fraction of sp³-hybridized carbons (Fsp3) is 0.357. The van der Waals surface area contributed by atoms with Crippen LogP contribution in [0.4, 0.5) is 24.7 Å². The normalized spacial score (nSPS) is 11.8. The number of nitrogens with zero attached hydrogens (tertiary/aromatic N) is 6. The number of anilines is 2. The second-order valence-corrected chi connectivity index (χ2v) is 9.25. The summed E-state index contributed by atoms with van der Waals surface area (Å²) in [6.45, 7) is 4.97. The highest BCUT2D eigenvalue weighted by Crippen LogP contribution is 2.37.